The number of nitrogens with one attached hydrogen (secondary N) is 1. The third-order valence-corrected chi connectivity index (χ3v) is 2.61. The van der Waals surface area contributed by atoms with E-state index in [1.807, 2.05) is 6.92 Å². The summed E-state index contributed by atoms with van der Waals surface area (Å²) >= 11 is 0. The Labute approximate surface area is 107 Å². The minimum absolute atomic E-state index is 0.317. The molecule has 5 heteroatoms. The Bertz CT molecular complexity index is 510. The number of aromatic nitrogens is 4. The summed E-state index contributed by atoms with van der Waals surface area (Å²) in [6.07, 6.45) is 6.62. The Morgan fingerprint density at radius 1 is 1.17 bits per heavy atom. The van der Waals surface area contributed by atoms with Crippen LogP contribution in [0.2, 0.25) is 0 Å². The molecule has 2 aromatic heterocycles. The zero-order valence-electron chi connectivity index (χ0n) is 10.9. The van der Waals surface area contributed by atoms with E-state index in [1.54, 1.807) is 24.9 Å². The molecule has 0 aromatic carbocycles. The number of anilines is 1. The molecule has 0 aliphatic rings. The van der Waals surface area contributed by atoms with Crippen molar-refractivity contribution in [3.8, 4) is 11.4 Å². The van der Waals surface area contributed by atoms with Crippen molar-refractivity contribution in [1.82, 2.24) is 19.9 Å². The number of hydrogen-bond donors (Lipinski definition) is 1. The maximum Gasteiger partial charge on any atom is 0.133 e. The Balaban J connectivity index is 2.56. The predicted molar refractivity (Wildman–Crippen MR) is 71.3 cm³/mol. The van der Waals surface area contributed by atoms with Crippen LogP contribution in [0.4, 0.5) is 5.82 Å². The summed E-state index contributed by atoms with van der Waals surface area (Å²) < 4.78 is 0. The van der Waals surface area contributed by atoms with Crippen LogP contribution < -0.4 is 5.32 Å². The monoisotopic (exact) mass is 243 g/mol. The maximum atomic E-state index is 4.36. The zero-order chi connectivity index (χ0) is 13.0. The number of rotatable bonds is 4. The molecule has 0 amide bonds. The second-order valence-electron chi connectivity index (χ2n) is 4.26. The highest BCUT2D eigenvalue weighted by atomic mass is 15.0. The first-order valence-corrected chi connectivity index (χ1v) is 6.09. The summed E-state index contributed by atoms with van der Waals surface area (Å²) in [7, 11) is 0. The average molecular weight is 243 g/mol. The summed E-state index contributed by atoms with van der Waals surface area (Å²) in [4.78, 5) is 17.1. The quantitative estimate of drug-likeness (QED) is 0.893. The summed E-state index contributed by atoms with van der Waals surface area (Å²) in [6, 6.07) is 0. The van der Waals surface area contributed by atoms with Crippen molar-refractivity contribution >= 4 is 5.82 Å². The van der Waals surface area contributed by atoms with E-state index in [0.717, 1.165) is 29.3 Å². The maximum absolute atomic E-state index is 4.36. The van der Waals surface area contributed by atoms with E-state index in [9.17, 15) is 0 Å². The molecule has 1 N–H and O–H groups in total. The van der Waals surface area contributed by atoms with E-state index in [-0.39, 0.29) is 0 Å². The van der Waals surface area contributed by atoms with Gasteiger partial charge >= 0.3 is 0 Å². The van der Waals surface area contributed by atoms with Gasteiger partial charge in [0.15, 0.2) is 0 Å². The van der Waals surface area contributed by atoms with Gasteiger partial charge in [0.1, 0.15) is 17.8 Å². The molecule has 0 spiro atoms. The molecule has 5 nitrogen and oxygen atoms in total. The molecule has 18 heavy (non-hydrogen) atoms. The lowest BCUT2D eigenvalue weighted by atomic mass is 10.00. The Morgan fingerprint density at radius 3 is 2.61 bits per heavy atom. The van der Waals surface area contributed by atoms with Crippen LogP contribution in [0.25, 0.3) is 11.4 Å². The van der Waals surface area contributed by atoms with E-state index in [1.165, 1.54) is 0 Å². The van der Waals surface area contributed by atoms with E-state index in [2.05, 4.69) is 39.1 Å². The zero-order valence-corrected chi connectivity index (χ0v) is 10.9. The lowest BCUT2D eigenvalue weighted by Crippen LogP contribution is -2.08. The van der Waals surface area contributed by atoms with E-state index in [0.29, 0.717) is 5.92 Å². The van der Waals surface area contributed by atoms with E-state index < -0.39 is 0 Å². The smallest absolute Gasteiger partial charge is 0.133 e. The SMILES string of the molecule is CCNc1ncnc(-c2cnccn2)c1C(C)C. The van der Waals surface area contributed by atoms with Crippen molar-refractivity contribution in [2.75, 3.05) is 11.9 Å². The van der Waals surface area contributed by atoms with Crippen molar-refractivity contribution in [1.29, 1.82) is 0 Å². The van der Waals surface area contributed by atoms with Crippen molar-refractivity contribution in [2.24, 2.45) is 0 Å². The molecule has 2 aromatic rings. The topological polar surface area (TPSA) is 63.6 Å². The van der Waals surface area contributed by atoms with Gasteiger partial charge in [-0.15, -0.1) is 0 Å². The lowest BCUT2D eigenvalue weighted by Gasteiger charge is -2.15. The van der Waals surface area contributed by atoms with Crippen molar-refractivity contribution in [2.45, 2.75) is 26.7 Å². The Kier molecular flexibility index (Phi) is 3.82. The molecule has 0 bridgehead atoms. The highest BCUT2D eigenvalue weighted by molar-refractivity contribution is 5.65. The second-order valence-corrected chi connectivity index (χ2v) is 4.26. The molecular weight excluding hydrogens is 226 g/mol. The predicted octanol–water partition coefficient (Wildman–Crippen LogP) is 2.49. The van der Waals surface area contributed by atoms with E-state index >= 15 is 0 Å². The minimum Gasteiger partial charge on any atom is -0.370 e. The van der Waals surface area contributed by atoms with Crippen LogP contribution >= 0.6 is 0 Å². The van der Waals surface area contributed by atoms with Gasteiger partial charge in [-0.1, -0.05) is 13.8 Å². The van der Waals surface area contributed by atoms with E-state index in [4.69, 9.17) is 0 Å². The van der Waals surface area contributed by atoms with Crippen LogP contribution in [-0.2, 0) is 0 Å². The second kappa shape index (κ2) is 5.53. The van der Waals surface area contributed by atoms with Crippen LogP contribution in [0.5, 0.6) is 0 Å². The van der Waals surface area contributed by atoms with Crippen molar-refractivity contribution < 1.29 is 0 Å². The highest BCUT2D eigenvalue weighted by Crippen LogP contribution is 2.30. The molecule has 0 aliphatic carbocycles. The molecule has 2 heterocycles. The van der Waals surface area contributed by atoms with Gasteiger partial charge < -0.3 is 5.32 Å². The first-order chi connectivity index (χ1) is 8.74. The normalized spacial score (nSPS) is 10.7. The summed E-state index contributed by atoms with van der Waals surface area (Å²) in [5, 5.41) is 3.27. The number of nitrogens with zero attached hydrogens (tertiary/aromatic N) is 4. The van der Waals surface area contributed by atoms with Gasteiger partial charge in [0, 0.05) is 24.5 Å². The molecule has 0 radical (unpaired) electrons. The average Bonchev–Trinajstić information content (AvgIpc) is 2.39. The number of hydrogen-bond acceptors (Lipinski definition) is 5. The lowest BCUT2D eigenvalue weighted by molar-refractivity contribution is 0.847. The fourth-order valence-electron chi connectivity index (χ4n) is 1.88. The van der Waals surface area contributed by atoms with Gasteiger partial charge in [-0.3, -0.25) is 9.97 Å². The first-order valence-electron chi connectivity index (χ1n) is 6.09. The highest BCUT2D eigenvalue weighted by Gasteiger charge is 2.16. The molecule has 0 fully saturated rings. The van der Waals surface area contributed by atoms with Crippen molar-refractivity contribution in [3.63, 3.8) is 0 Å². The first kappa shape index (κ1) is 12.4. The summed E-state index contributed by atoms with van der Waals surface area (Å²) in [6.45, 7) is 7.13. The van der Waals surface area contributed by atoms with Gasteiger partial charge in [-0.2, -0.15) is 0 Å². The van der Waals surface area contributed by atoms with Gasteiger partial charge in [0.05, 0.1) is 11.9 Å². The molecule has 0 atom stereocenters. The van der Waals surface area contributed by atoms with Gasteiger partial charge in [-0.25, -0.2) is 9.97 Å². The van der Waals surface area contributed by atoms with Crippen LogP contribution in [-0.4, -0.2) is 26.5 Å². The third kappa shape index (κ3) is 2.45. The molecule has 2 rings (SSSR count). The Hall–Kier alpha value is -2.04. The van der Waals surface area contributed by atoms with Crippen LogP contribution in [0.15, 0.2) is 24.9 Å². The molecule has 0 saturated heterocycles. The minimum atomic E-state index is 0.317. The summed E-state index contributed by atoms with van der Waals surface area (Å²) in [5.74, 6) is 1.19. The fraction of sp³-hybridized carbons (Fsp3) is 0.385. The molecule has 0 unspecified atom stereocenters. The van der Waals surface area contributed by atoms with Crippen LogP contribution in [0, 0.1) is 0 Å². The standard InChI is InChI=1S/C13H17N5/c1-4-15-13-11(9(2)3)12(17-8-18-13)10-7-14-5-6-16-10/h5-9H,4H2,1-3H3,(H,15,17,18). The largest absolute Gasteiger partial charge is 0.370 e. The van der Waals surface area contributed by atoms with Crippen molar-refractivity contribution in [3.05, 3.63) is 30.5 Å². The third-order valence-electron chi connectivity index (χ3n) is 2.61. The van der Waals surface area contributed by atoms with Crippen LogP contribution in [0.3, 0.4) is 0 Å². The Morgan fingerprint density at radius 2 is 2.00 bits per heavy atom. The molecule has 94 valence electrons. The molecule has 0 aliphatic heterocycles. The fourth-order valence-corrected chi connectivity index (χ4v) is 1.88. The van der Waals surface area contributed by atoms with Gasteiger partial charge in [-0.05, 0) is 12.8 Å². The van der Waals surface area contributed by atoms with Gasteiger partial charge in [0.25, 0.3) is 0 Å². The van der Waals surface area contributed by atoms with Gasteiger partial charge in [0.2, 0.25) is 0 Å². The molecular formula is C13H17N5. The molecule has 0 saturated carbocycles. The van der Waals surface area contributed by atoms with Crippen LogP contribution in [0.1, 0.15) is 32.3 Å². The summed E-state index contributed by atoms with van der Waals surface area (Å²) in [5.41, 5.74) is 2.71.